The predicted molar refractivity (Wildman–Crippen MR) is 66.3 cm³/mol. The van der Waals surface area contributed by atoms with Crippen LogP contribution in [0.5, 0.6) is 0 Å². The molecule has 0 spiro atoms. The van der Waals surface area contributed by atoms with Crippen LogP contribution in [0.25, 0.3) is 0 Å². The molecule has 0 aromatic heterocycles. The fraction of sp³-hybridized carbons (Fsp3) is 0.500. The molecule has 0 atom stereocenters. The summed E-state index contributed by atoms with van der Waals surface area (Å²) in [6, 6.07) is 8.39. The Morgan fingerprint density at radius 3 is 2.65 bits per heavy atom. The molecule has 2 N–H and O–H groups in total. The molecule has 2 aliphatic rings. The van der Waals surface area contributed by atoms with E-state index in [9.17, 15) is 4.79 Å². The van der Waals surface area contributed by atoms with Gasteiger partial charge in [-0.25, -0.2) is 0 Å². The van der Waals surface area contributed by atoms with Crippen molar-refractivity contribution in [3.63, 3.8) is 0 Å². The smallest absolute Gasteiger partial charge is 0.230 e. The zero-order valence-electron chi connectivity index (χ0n) is 9.98. The maximum atomic E-state index is 12.4. The summed E-state index contributed by atoms with van der Waals surface area (Å²) in [5.41, 5.74) is 8.20. The van der Waals surface area contributed by atoms with Crippen molar-refractivity contribution in [2.45, 2.75) is 25.8 Å². The van der Waals surface area contributed by atoms with Gasteiger partial charge in [-0.3, -0.25) is 4.79 Å². The molecule has 3 nitrogen and oxygen atoms in total. The average molecular weight is 230 g/mol. The highest BCUT2D eigenvalue weighted by atomic mass is 16.2. The minimum atomic E-state index is -0.202. The molecule has 1 aromatic carbocycles. The lowest BCUT2D eigenvalue weighted by Crippen LogP contribution is -2.43. The summed E-state index contributed by atoms with van der Waals surface area (Å²) < 4.78 is 0. The van der Waals surface area contributed by atoms with Gasteiger partial charge in [0.2, 0.25) is 5.91 Å². The molecule has 0 radical (unpaired) electrons. The summed E-state index contributed by atoms with van der Waals surface area (Å²) in [6.07, 6.45) is 2.92. The van der Waals surface area contributed by atoms with Crippen molar-refractivity contribution in [1.29, 1.82) is 0 Å². The Labute approximate surface area is 102 Å². The lowest BCUT2D eigenvalue weighted by atomic mass is 9.97. The van der Waals surface area contributed by atoms with E-state index in [-0.39, 0.29) is 11.3 Å². The number of nitrogens with zero attached hydrogens (tertiary/aromatic N) is 1. The molecule has 1 fully saturated rings. The van der Waals surface area contributed by atoms with E-state index in [4.69, 9.17) is 5.73 Å². The summed E-state index contributed by atoms with van der Waals surface area (Å²) >= 11 is 0. The van der Waals surface area contributed by atoms with Crippen LogP contribution >= 0.6 is 0 Å². The zero-order chi connectivity index (χ0) is 11.9. The van der Waals surface area contributed by atoms with Crippen LogP contribution in [-0.2, 0) is 17.8 Å². The van der Waals surface area contributed by atoms with Gasteiger partial charge in [0, 0.05) is 19.6 Å². The normalized spacial score (nSPS) is 20.9. The van der Waals surface area contributed by atoms with Crippen molar-refractivity contribution in [1.82, 2.24) is 4.90 Å². The van der Waals surface area contributed by atoms with Gasteiger partial charge in [-0.05, 0) is 30.4 Å². The maximum absolute atomic E-state index is 12.4. The largest absolute Gasteiger partial charge is 0.338 e. The first kappa shape index (κ1) is 10.8. The number of carbonyl (C=O) groups is 1. The van der Waals surface area contributed by atoms with Crippen molar-refractivity contribution < 1.29 is 4.79 Å². The summed E-state index contributed by atoms with van der Waals surface area (Å²) in [5, 5.41) is 0. The van der Waals surface area contributed by atoms with E-state index in [1.807, 2.05) is 11.0 Å². The molecule has 1 aromatic rings. The SMILES string of the molecule is NCC1(C(=O)N2CCc3ccccc3C2)CC1. The molecule has 3 rings (SSSR count). The second kappa shape index (κ2) is 3.84. The lowest BCUT2D eigenvalue weighted by molar-refractivity contribution is -0.137. The average Bonchev–Trinajstić information content (AvgIpc) is 3.18. The van der Waals surface area contributed by atoms with Crippen LogP contribution in [0.4, 0.5) is 0 Å². The predicted octanol–water partition coefficient (Wildman–Crippen LogP) is 1.31. The van der Waals surface area contributed by atoms with Crippen molar-refractivity contribution >= 4 is 5.91 Å². The number of hydrogen-bond donors (Lipinski definition) is 1. The molecular weight excluding hydrogens is 212 g/mol. The highest BCUT2D eigenvalue weighted by Gasteiger charge is 2.50. The van der Waals surface area contributed by atoms with Gasteiger partial charge in [0.1, 0.15) is 0 Å². The first-order valence-electron chi connectivity index (χ1n) is 6.31. The molecule has 1 aliphatic heterocycles. The Morgan fingerprint density at radius 1 is 1.29 bits per heavy atom. The molecule has 1 amide bonds. The van der Waals surface area contributed by atoms with Gasteiger partial charge in [0.25, 0.3) is 0 Å². The molecule has 1 heterocycles. The summed E-state index contributed by atoms with van der Waals surface area (Å²) in [5.74, 6) is 0.273. The number of nitrogens with two attached hydrogens (primary N) is 1. The molecule has 0 unspecified atom stereocenters. The maximum Gasteiger partial charge on any atom is 0.230 e. The molecule has 3 heteroatoms. The number of amides is 1. The van der Waals surface area contributed by atoms with Crippen LogP contribution < -0.4 is 5.73 Å². The van der Waals surface area contributed by atoms with Gasteiger partial charge < -0.3 is 10.6 Å². The van der Waals surface area contributed by atoms with Crippen molar-refractivity contribution in [3.05, 3.63) is 35.4 Å². The molecule has 0 saturated heterocycles. The van der Waals surface area contributed by atoms with Crippen LogP contribution in [0, 0.1) is 5.41 Å². The molecule has 1 aliphatic carbocycles. The van der Waals surface area contributed by atoms with E-state index in [0.29, 0.717) is 6.54 Å². The first-order valence-corrected chi connectivity index (χ1v) is 6.31. The van der Waals surface area contributed by atoms with Gasteiger partial charge in [-0.1, -0.05) is 24.3 Å². The van der Waals surface area contributed by atoms with E-state index in [0.717, 1.165) is 32.4 Å². The summed E-state index contributed by atoms with van der Waals surface area (Å²) in [4.78, 5) is 14.4. The quantitative estimate of drug-likeness (QED) is 0.832. The van der Waals surface area contributed by atoms with Crippen molar-refractivity contribution in [2.75, 3.05) is 13.1 Å². The van der Waals surface area contributed by atoms with Crippen LogP contribution in [0.15, 0.2) is 24.3 Å². The number of benzene rings is 1. The highest BCUT2D eigenvalue weighted by molar-refractivity contribution is 5.85. The van der Waals surface area contributed by atoms with Crippen molar-refractivity contribution in [3.8, 4) is 0 Å². The fourth-order valence-corrected chi connectivity index (χ4v) is 2.66. The summed E-state index contributed by atoms with van der Waals surface area (Å²) in [7, 11) is 0. The third-order valence-electron chi connectivity index (χ3n) is 4.12. The third kappa shape index (κ3) is 1.75. The number of carbonyl (C=O) groups excluding carboxylic acids is 1. The van der Waals surface area contributed by atoms with E-state index < -0.39 is 0 Å². The highest BCUT2D eigenvalue weighted by Crippen LogP contribution is 2.46. The van der Waals surface area contributed by atoms with E-state index in [2.05, 4.69) is 18.2 Å². The van der Waals surface area contributed by atoms with Gasteiger partial charge in [-0.15, -0.1) is 0 Å². The number of fused-ring (bicyclic) bond motifs is 1. The van der Waals surface area contributed by atoms with Gasteiger partial charge in [-0.2, -0.15) is 0 Å². The van der Waals surface area contributed by atoms with Crippen LogP contribution in [0.2, 0.25) is 0 Å². The monoisotopic (exact) mass is 230 g/mol. The van der Waals surface area contributed by atoms with Crippen LogP contribution in [-0.4, -0.2) is 23.9 Å². The second-order valence-corrected chi connectivity index (χ2v) is 5.23. The fourth-order valence-electron chi connectivity index (χ4n) is 2.66. The van der Waals surface area contributed by atoms with Crippen LogP contribution in [0.3, 0.4) is 0 Å². The Kier molecular flexibility index (Phi) is 2.44. The Morgan fingerprint density at radius 2 is 2.00 bits per heavy atom. The van der Waals surface area contributed by atoms with E-state index in [1.165, 1.54) is 11.1 Å². The minimum absolute atomic E-state index is 0.202. The standard InChI is InChI=1S/C14H18N2O/c15-10-14(6-7-14)13(17)16-8-5-11-3-1-2-4-12(11)9-16/h1-4H,5-10,15H2. The summed E-state index contributed by atoms with van der Waals surface area (Å²) in [6.45, 7) is 2.11. The number of hydrogen-bond acceptors (Lipinski definition) is 2. The third-order valence-corrected chi connectivity index (χ3v) is 4.12. The van der Waals surface area contributed by atoms with Crippen molar-refractivity contribution in [2.24, 2.45) is 11.1 Å². The van der Waals surface area contributed by atoms with Gasteiger partial charge >= 0.3 is 0 Å². The van der Waals surface area contributed by atoms with Crippen LogP contribution in [0.1, 0.15) is 24.0 Å². The first-order chi connectivity index (χ1) is 8.25. The van der Waals surface area contributed by atoms with Gasteiger partial charge in [0.15, 0.2) is 0 Å². The Bertz CT molecular complexity index is 451. The number of rotatable bonds is 2. The molecule has 0 bridgehead atoms. The minimum Gasteiger partial charge on any atom is -0.338 e. The Balaban J connectivity index is 1.78. The molecule has 17 heavy (non-hydrogen) atoms. The van der Waals surface area contributed by atoms with E-state index >= 15 is 0 Å². The zero-order valence-corrected chi connectivity index (χ0v) is 9.98. The topological polar surface area (TPSA) is 46.3 Å². The van der Waals surface area contributed by atoms with Gasteiger partial charge in [0.05, 0.1) is 5.41 Å². The second-order valence-electron chi connectivity index (χ2n) is 5.23. The Hall–Kier alpha value is -1.35. The molecule has 1 saturated carbocycles. The lowest BCUT2D eigenvalue weighted by Gasteiger charge is -2.31. The van der Waals surface area contributed by atoms with E-state index in [1.54, 1.807) is 0 Å². The molecule has 90 valence electrons. The molecular formula is C14H18N2O.